The Morgan fingerprint density at radius 2 is 1.68 bits per heavy atom. The summed E-state index contributed by atoms with van der Waals surface area (Å²) in [5.74, 6) is 1.13. The molecule has 0 radical (unpaired) electrons. The molecular weight excluding hydrogens is 485 g/mol. The van der Waals surface area contributed by atoms with E-state index in [2.05, 4.69) is 76.1 Å². The Kier molecular flexibility index (Phi) is 9.27. The molecule has 0 saturated carbocycles. The van der Waals surface area contributed by atoms with Gasteiger partial charge in [-0.05, 0) is 49.9 Å². The summed E-state index contributed by atoms with van der Waals surface area (Å²) < 4.78 is 0. The number of rotatable bonds is 10. The third kappa shape index (κ3) is 6.65. The van der Waals surface area contributed by atoms with E-state index in [4.69, 9.17) is 9.97 Å². The number of aromatic nitrogens is 2. The number of carbonyl (C=O) groups is 1. The van der Waals surface area contributed by atoms with Crippen molar-refractivity contribution in [1.82, 2.24) is 15.3 Å². The van der Waals surface area contributed by atoms with Crippen LogP contribution in [0.1, 0.15) is 47.4 Å². The summed E-state index contributed by atoms with van der Waals surface area (Å²) in [6, 6.07) is 22.5. The number of hydrogen-bond donors (Lipinski definition) is 1. The van der Waals surface area contributed by atoms with E-state index in [0.29, 0.717) is 18.2 Å². The second-order valence-corrected chi connectivity index (χ2v) is 11.8. The van der Waals surface area contributed by atoms with Crippen LogP contribution in [0.5, 0.6) is 0 Å². The third-order valence-corrected chi connectivity index (χ3v) is 8.43. The Bertz CT molecular complexity index is 1410. The summed E-state index contributed by atoms with van der Waals surface area (Å²) in [5.41, 5.74) is 7.43. The van der Waals surface area contributed by atoms with Gasteiger partial charge in [-0.25, -0.2) is 9.97 Å². The van der Waals surface area contributed by atoms with E-state index in [0.717, 1.165) is 56.9 Å². The highest BCUT2D eigenvalue weighted by Crippen LogP contribution is 2.37. The van der Waals surface area contributed by atoms with E-state index < -0.39 is 0 Å². The maximum atomic E-state index is 13.7. The summed E-state index contributed by atoms with van der Waals surface area (Å²) in [6.45, 7) is 13.6. The molecule has 2 unspecified atom stereocenters. The van der Waals surface area contributed by atoms with Gasteiger partial charge in [-0.1, -0.05) is 87.9 Å². The number of aryl methyl sites for hydroxylation is 2. The molecular formula is C32H38BN3OS. The number of para-hydroxylation sites is 1. The molecule has 0 spiro atoms. The van der Waals surface area contributed by atoms with Crippen LogP contribution in [0.25, 0.3) is 22.3 Å². The predicted octanol–water partition coefficient (Wildman–Crippen LogP) is 8.10. The number of thioether (sulfide) groups is 1. The number of carbonyl (C=O) groups excluding carboxylic acids is 1. The van der Waals surface area contributed by atoms with E-state index in [1.165, 1.54) is 5.56 Å². The monoisotopic (exact) mass is 523 g/mol. The van der Waals surface area contributed by atoms with Crippen LogP contribution in [-0.4, -0.2) is 28.6 Å². The summed E-state index contributed by atoms with van der Waals surface area (Å²) in [4.78, 5) is 24.6. The average Bonchev–Trinajstić information content (AvgIpc) is 2.90. The molecule has 4 rings (SSSR count). The number of hydrogen-bond acceptors (Lipinski definition) is 4. The van der Waals surface area contributed by atoms with Gasteiger partial charge in [0.05, 0.1) is 28.0 Å². The quantitative estimate of drug-likeness (QED) is 0.169. The molecule has 4 nitrogen and oxygen atoms in total. The van der Waals surface area contributed by atoms with E-state index in [9.17, 15) is 4.79 Å². The lowest BCUT2D eigenvalue weighted by Crippen LogP contribution is -2.37. The zero-order valence-corrected chi connectivity index (χ0v) is 24.2. The van der Waals surface area contributed by atoms with Crippen LogP contribution >= 0.6 is 11.8 Å². The van der Waals surface area contributed by atoms with Gasteiger partial charge >= 0.3 is 0 Å². The lowest BCUT2D eigenvalue weighted by Gasteiger charge is -2.23. The molecule has 0 bridgehead atoms. The van der Waals surface area contributed by atoms with Gasteiger partial charge in [0.25, 0.3) is 5.91 Å². The second-order valence-electron chi connectivity index (χ2n) is 10.8. The van der Waals surface area contributed by atoms with Gasteiger partial charge in [-0.15, -0.1) is 11.8 Å². The zero-order valence-electron chi connectivity index (χ0n) is 23.4. The van der Waals surface area contributed by atoms with Crippen LogP contribution in [-0.2, 0) is 5.75 Å². The topological polar surface area (TPSA) is 54.9 Å². The molecule has 1 heterocycles. The minimum absolute atomic E-state index is 0.0334. The van der Waals surface area contributed by atoms with Crippen molar-refractivity contribution in [1.29, 1.82) is 0 Å². The van der Waals surface area contributed by atoms with Crippen molar-refractivity contribution in [3.63, 3.8) is 0 Å². The molecule has 3 aromatic carbocycles. The molecule has 1 aromatic heterocycles. The Morgan fingerprint density at radius 3 is 2.42 bits per heavy atom. The Labute approximate surface area is 232 Å². The molecule has 1 N–H and O–H groups in total. The fourth-order valence-corrected chi connectivity index (χ4v) is 5.76. The normalized spacial score (nSPS) is 12.8. The Morgan fingerprint density at radius 1 is 0.947 bits per heavy atom. The number of fused-ring (bicyclic) bond motifs is 1. The summed E-state index contributed by atoms with van der Waals surface area (Å²) >= 11 is 1.69. The van der Waals surface area contributed by atoms with Gasteiger partial charge in [0, 0.05) is 22.3 Å². The van der Waals surface area contributed by atoms with Crippen molar-refractivity contribution in [2.75, 3.05) is 0 Å². The van der Waals surface area contributed by atoms with Crippen LogP contribution in [0.15, 0.2) is 71.6 Å². The van der Waals surface area contributed by atoms with Crippen LogP contribution in [0, 0.1) is 19.8 Å². The van der Waals surface area contributed by atoms with Crippen molar-refractivity contribution in [2.45, 2.75) is 70.8 Å². The van der Waals surface area contributed by atoms with E-state index >= 15 is 0 Å². The first-order chi connectivity index (χ1) is 18.2. The highest BCUT2D eigenvalue weighted by atomic mass is 32.2. The fraction of sp³-hybridized carbons (Fsp3) is 0.344. The van der Waals surface area contributed by atoms with Crippen molar-refractivity contribution >= 4 is 35.4 Å². The third-order valence-electron chi connectivity index (χ3n) is 7.22. The SMILES string of the molecule is CB(C)CCC(C)C(C)NC(=O)c1cccc(-c2nc3c(C)cccc3nc2C)c1SCc1ccccc1. The van der Waals surface area contributed by atoms with Crippen LogP contribution in [0.2, 0.25) is 20.0 Å². The number of nitrogens with zero attached hydrogens (tertiary/aromatic N) is 2. The summed E-state index contributed by atoms with van der Waals surface area (Å²) in [5, 5.41) is 3.30. The van der Waals surface area contributed by atoms with Gasteiger partial charge in [0.15, 0.2) is 0 Å². The van der Waals surface area contributed by atoms with Gasteiger partial charge in [0.2, 0.25) is 0 Å². The van der Waals surface area contributed by atoms with E-state index in [1.54, 1.807) is 11.8 Å². The first kappa shape index (κ1) is 27.9. The molecule has 0 saturated heterocycles. The van der Waals surface area contributed by atoms with Crippen molar-refractivity contribution in [3.8, 4) is 11.3 Å². The number of amides is 1. The Hall–Kier alpha value is -3.12. The number of benzene rings is 3. The first-order valence-corrected chi connectivity index (χ1v) is 14.6. The van der Waals surface area contributed by atoms with E-state index in [-0.39, 0.29) is 11.9 Å². The van der Waals surface area contributed by atoms with Gasteiger partial charge in [-0.2, -0.15) is 0 Å². The zero-order chi connectivity index (χ0) is 27.2. The van der Waals surface area contributed by atoms with Crippen LogP contribution in [0.3, 0.4) is 0 Å². The van der Waals surface area contributed by atoms with Crippen molar-refractivity contribution in [3.05, 3.63) is 89.1 Å². The molecule has 38 heavy (non-hydrogen) atoms. The molecule has 6 heteroatoms. The van der Waals surface area contributed by atoms with Crippen LogP contribution < -0.4 is 5.32 Å². The Balaban J connectivity index is 1.73. The van der Waals surface area contributed by atoms with Gasteiger partial charge in [-0.3, -0.25) is 4.79 Å². The molecule has 0 fully saturated rings. The standard InChI is InChI=1S/C32H38BN3OS/c1-21(18-19-33(5)6)23(3)35-32(37)27-16-11-15-26(31(27)38-20-25-13-8-7-9-14-25)30-24(4)34-28-17-10-12-22(2)29(28)36-30/h7-17,21,23H,18-20H2,1-6H3,(H,35,37). The van der Waals surface area contributed by atoms with Crippen molar-refractivity contribution < 1.29 is 4.79 Å². The maximum Gasteiger partial charge on any atom is 0.252 e. The number of nitrogens with one attached hydrogen (secondary N) is 1. The fourth-order valence-electron chi connectivity index (χ4n) is 4.62. The second kappa shape index (κ2) is 12.6. The summed E-state index contributed by atoms with van der Waals surface area (Å²) in [6.07, 6.45) is 2.26. The molecule has 0 aliphatic heterocycles. The minimum atomic E-state index is -0.0334. The smallest absolute Gasteiger partial charge is 0.252 e. The average molecular weight is 524 g/mol. The minimum Gasteiger partial charge on any atom is -0.349 e. The van der Waals surface area contributed by atoms with Gasteiger partial charge in [0.1, 0.15) is 6.71 Å². The lowest BCUT2D eigenvalue weighted by atomic mass is 9.51. The van der Waals surface area contributed by atoms with Gasteiger partial charge < -0.3 is 5.32 Å². The van der Waals surface area contributed by atoms with Crippen LogP contribution in [0.4, 0.5) is 0 Å². The first-order valence-electron chi connectivity index (χ1n) is 13.6. The van der Waals surface area contributed by atoms with Crippen molar-refractivity contribution in [2.24, 2.45) is 5.92 Å². The lowest BCUT2D eigenvalue weighted by molar-refractivity contribution is 0.0925. The molecule has 196 valence electrons. The largest absolute Gasteiger partial charge is 0.349 e. The molecule has 4 aromatic rings. The highest BCUT2D eigenvalue weighted by molar-refractivity contribution is 7.98. The highest BCUT2D eigenvalue weighted by Gasteiger charge is 2.22. The predicted molar refractivity (Wildman–Crippen MR) is 163 cm³/mol. The maximum absolute atomic E-state index is 13.7. The molecule has 2 atom stereocenters. The molecule has 0 aliphatic carbocycles. The molecule has 0 aliphatic rings. The van der Waals surface area contributed by atoms with E-state index in [1.807, 2.05) is 37.3 Å². The molecule has 1 amide bonds. The summed E-state index contributed by atoms with van der Waals surface area (Å²) in [7, 11) is 0.